The van der Waals surface area contributed by atoms with Gasteiger partial charge in [-0.05, 0) is 35.9 Å². The Bertz CT molecular complexity index is 875. The molecule has 0 saturated carbocycles. The van der Waals surface area contributed by atoms with Gasteiger partial charge in [-0.2, -0.15) is 0 Å². The number of aliphatic hydroxyl groups excluding tert-OH is 1. The number of fused-ring (bicyclic) bond motifs is 3. The average molecular weight is 280 g/mol. The van der Waals surface area contributed by atoms with Gasteiger partial charge in [0.2, 0.25) is 0 Å². The summed E-state index contributed by atoms with van der Waals surface area (Å²) < 4.78 is 11.1. The number of hydrogen-bond donors (Lipinski definition) is 1. The first-order valence-electron chi connectivity index (χ1n) is 6.69. The molecule has 0 spiro atoms. The molecule has 0 radical (unpaired) electrons. The predicted molar refractivity (Wildman–Crippen MR) is 77.7 cm³/mol. The average Bonchev–Trinajstić information content (AvgIpc) is 2.87. The normalized spacial score (nSPS) is 22.2. The maximum atomic E-state index is 11.9. The van der Waals surface area contributed by atoms with E-state index in [4.69, 9.17) is 9.15 Å². The van der Waals surface area contributed by atoms with Gasteiger partial charge in [-0.25, -0.2) is 0 Å². The Hall–Kier alpha value is -2.43. The highest BCUT2D eigenvalue weighted by molar-refractivity contribution is 6.05. The second-order valence-corrected chi connectivity index (χ2v) is 5.02. The van der Waals surface area contributed by atoms with E-state index < -0.39 is 12.4 Å². The van der Waals surface area contributed by atoms with E-state index in [1.165, 1.54) is 12.2 Å². The van der Waals surface area contributed by atoms with Crippen LogP contribution >= 0.6 is 0 Å². The van der Waals surface area contributed by atoms with Crippen LogP contribution in [0.3, 0.4) is 0 Å². The van der Waals surface area contributed by atoms with Gasteiger partial charge in [0.05, 0.1) is 0 Å². The number of furan rings is 1. The molecule has 0 unspecified atom stereocenters. The van der Waals surface area contributed by atoms with Crippen LogP contribution in [0.2, 0.25) is 0 Å². The summed E-state index contributed by atoms with van der Waals surface area (Å²) in [7, 11) is 0. The van der Waals surface area contributed by atoms with E-state index in [0.29, 0.717) is 5.56 Å². The lowest BCUT2D eigenvalue weighted by molar-refractivity contribution is -0.149. The molecule has 1 aliphatic heterocycles. The summed E-state index contributed by atoms with van der Waals surface area (Å²) >= 11 is 0. The fourth-order valence-corrected chi connectivity index (χ4v) is 2.67. The van der Waals surface area contributed by atoms with Crippen molar-refractivity contribution in [2.45, 2.75) is 12.4 Å². The topological polar surface area (TPSA) is 59.7 Å². The zero-order valence-corrected chi connectivity index (χ0v) is 11.0. The van der Waals surface area contributed by atoms with E-state index in [-0.39, 0.29) is 5.78 Å². The van der Waals surface area contributed by atoms with Gasteiger partial charge in [0.1, 0.15) is 17.3 Å². The Kier molecular flexibility index (Phi) is 2.67. The van der Waals surface area contributed by atoms with Gasteiger partial charge >= 0.3 is 0 Å². The molecule has 0 amide bonds. The summed E-state index contributed by atoms with van der Waals surface area (Å²) in [4.78, 5) is 11.9. The second kappa shape index (κ2) is 4.55. The van der Waals surface area contributed by atoms with Gasteiger partial charge in [0.15, 0.2) is 12.1 Å². The summed E-state index contributed by atoms with van der Waals surface area (Å²) in [6, 6.07) is 13.2. The van der Waals surface area contributed by atoms with Gasteiger partial charge in [-0.3, -0.25) is 4.79 Å². The first-order valence-corrected chi connectivity index (χ1v) is 6.69. The van der Waals surface area contributed by atoms with Gasteiger partial charge in [-0.1, -0.05) is 24.3 Å². The third-order valence-electron chi connectivity index (χ3n) is 3.66. The Balaban J connectivity index is 1.88. The lowest BCUT2D eigenvalue weighted by Crippen LogP contribution is -2.24. The van der Waals surface area contributed by atoms with Crippen molar-refractivity contribution in [3.8, 4) is 0 Å². The van der Waals surface area contributed by atoms with Crippen molar-refractivity contribution in [3.05, 3.63) is 60.2 Å². The molecule has 4 nitrogen and oxygen atoms in total. The van der Waals surface area contributed by atoms with Crippen molar-refractivity contribution in [2.24, 2.45) is 0 Å². The van der Waals surface area contributed by atoms with Crippen molar-refractivity contribution < 1.29 is 19.1 Å². The molecule has 1 aliphatic rings. The number of ether oxygens (including phenoxy) is 1. The molecule has 0 aliphatic carbocycles. The van der Waals surface area contributed by atoms with Crippen LogP contribution in [0.1, 0.15) is 11.7 Å². The number of carbonyl (C=O) groups is 1. The fourth-order valence-electron chi connectivity index (χ4n) is 2.67. The number of para-hydroxylation sites is 1. The Labute approximate surface area is 120 Å². The van der Waals surface area contributed by atoms with Crippen LogP contribution in [-0.4, -0.2) is 17.2 Å². The Morgan fingerprint density at radius 1 is 1.00 bits per heavy atom. The van der Waals surface area contributed by atoms with E-state index in [2.05, 4.69) is 0 Å². The summed E-state index contributed by atoms with van der Waals surface area (Å²) in [6.07, 6.45) is 0.869. The number of benzene rings is 2. The Morgan fingerprint density at radius 3 is 2.71 bits per heavy atom. The third-order valence-corrected chi connectivity index (χ3v) is 3.66. The van der Waals surface area contributed by atoms with Gasteiger partial charge in [-0.15, -0.1) is 0 Å². The molecule has 0 fully saturated rings. The van der Waals surface area contributed by atoms with Crippen molar-refractivity contribution in [3.63, 3.8) is 0 Å². The second-order valence-electron chi connectivity index (χ2n) is 5.02. The van der Waals surface area contributed by atoms with Crippen LogP contribution in [-0.2, 0) is 9.53 Å². The summed E-state index contributed by atoms with van der Waals surface area (Å²) in [5.41, 5.74) is 2.28. The molecule has 21 heavy (non-hydrogen) atoms. The highest BCUT2D eigenvalue weighted by Crippen LogP contribution is 2.32. The van der Waals surface area contributed by atoms with Crippen molar-refractivity contribution in [2.75, 3.05) is 0 Å². The maximum absolute atomic E-state index is 11.9. The highest BCUT2D eigenvalue weighted by atomic mass is 16.6. The third kappa shape index (κ3) is 1.96. The molecule has 4 rings (SSSR count). The first-order chi connectivity index (χ1) is 10.2. The quantitative estimate of drug-likeness (QED) is 0.744. The molecule has 2 atom stereocenters. The monoisotopic (exact) mass is 280 g/mol. The van der Waals surface area contributed by atoms with Gasteiger partial charge < -0.3 is 14.3 Å². The molecule has 2 aromatic carbocycles. The van der Waals surface area contributed by atoms with Gasteiger partial charge in [0.25, 0.3) is 0 Å². The van der Waals surface area contributed by atoms with Gasteiger partial charge in [0, 0.05) is 10.8 Å². The van der Waals surface area contributed by atoms with Crippen molar-refractivity contribution >= 4 is 27.7 Å². The van der Waals surface area contributed by atoms with Crippen LogP contribution in [0.25, 0.3) is 21.9 Å². The van der Waals surface area contributed by atoms with Crippen molar-refractivity contribution in [1.29, 1.82) is 0 Å². The minimum Gasteiger partial charge on any atom is -0.456 e. The van der Waals surface area contributed by atoms with Crippen LogP contribution in [0.4, 0.5) is 0 Å². The molecule has 104 valence electrons. The summed E-state index contributed by atoms with van der Waals surface area (Å²) in [5, 5.41) is 11.5. The smallest absolute Gasteiger partial charge is 0.188 e. The van der Waals surface area contributed by atoms with Crippen LogP contribution in [0.5, 0.6) is 0 Å². The zero-order valence-electron chi connectivity index (χ0n) is 11.0. The van der Waals surface area contributed by atoms with Crippen LogP contribution < -0.4 is 0 Å². The zero-order chi connectivity index (χ0) is 14.4. The lowest BCUT2D eigenvalue weighted by atomic mass is 10.0. The lowest BCUT2D eigenvalue weighted by Gasteiger charge is -2.21. The van der Waals surface area contributed by atoms with Crippen LogP contribution in [0, 0.1) is 0 Å². The minimum atomic E-state index is -1.05. The van der Waals surface area contributed by atoms with E-state index in [1.807, 2.05) is 36.4 Å². The molecular weight excluding hydrogens is 268 g/mol. The summed E-state index contributed by atoms with van der Waals surface area (Å²) in [6.45, 7) is 0. The number of ketones is 1. The largest absolute Gasteiger partial charge is 0.456 e. The first kappa shape index (κ1) is 12.3. The van der Waals surface area contributed by atoms with E-state index >= 15 is 0 Å². The SMILES string of the molecule is O=C1C=C[C@H](O)O[C@H]1c1ccc2oc3ccccc3c2c1. The molecule has 2 heterocycles. The number of aliphatic hydroxyl groups is 1. The molecule has 3 aromatic rings. The van der Waals surface area contributed by atoms with E-state index in [9.17, 15) is 9.90 Å². The standard InChI is InChI=1S/C17H12O4/c18-13-6-8-16(19)21-17(13)10-5-7-15-12(9-10)11-3-1-2-4-14(11)20-15/h1-9,16-17,19H/t16-,17+/m1/s1. The molecule has 4 heteroatoms. The molecule has 0 bridgehead atoms. The number of carbonyl (C=O) groups excluding carboxylic acids is 1. The minimum absolute atomic E-state index is 0.174. The van der Waals surface area contributed by atoms with E-state index in [0.717, 1.165) is 21.9 Å². The maximum Gasteiger partial charge on any atom is 0.188 e. The van der Waals surface area contributed by atoms with E-state index in [1.54, 1.807) is 6.07 Å². The predicted octanol–water partition coefficient (Wildman–Crippen LogP) is 3.10. The Morgan fingerprint density at radius 2 is 1.81 bits per heavy atom. The number of rotatable bonds is 1. The summed E-state index contributed by atoms with van der Waals surface area (Å²) in [5.74, 6) is -0.174. The molecule has 1 aromatic heterocycles. The van der Waals surface area contributed by atoms with Crippen molar-refractivity contribution in [1.82, 2.24) is 0 Å². The molecular formula is C17H12O4. The number of hydrogen-bond acceptors (Lipinski definition) is 4. The molecule has 1 N–H and O–H groups in total. The van der Waals surface area contributed by atoms with Crippen LogP contribution in [0.15, 0.2) is 59.0 Å². The molecule has 0 saturated heterocycles. The highest BCUT2D eigenvalue weighted by Gasteiger charge is 2.26. The fraction of sp³-hybridized carbons (Fsp3) is 0.118.